The predicted molar refractivity (Wildman–Crippen MR) is 95.0 cm³/mol. The van der Waals surface area contributed by atoms with E-state index in [-0.39, 0.29) is 0 Å². The van der Waals surface area contributed by atoms with Crippen LogP contribution in [0.4, 0.5) is 5.69 Å². The molecule has 2 aromatic rings. The van der Waals surface area contributed by atoms with E-state index in [1.165, 1.54) is 5.56 Å². The standard InChI is InChI=1S/C17H19ClN2S/c1-13(7-8-14-5-3-2-4-6-14)19-17(21)20-16-11-9-15(18)10-12-16/h2-6,9-13H,7-8H2,1H3,(H2,19,20,21)/t13-/m1/s1. The number of aryl methyl sites for hydroxylation is 1. The van der Waals surface area contributed by atoms with Crippen LogP contribution >= 0.6 is 23.8 Å². The van der Waals surface area contributed by atoms with Crippen LogP contribution < -0.4 is 10.6 Å². The lowest BCUT2D eigenvalue weighted by molar-refractivity contribution is 0.609. The zero-order valence-electron chi connectivity index (χ0n) is 12.0. The molecule has 0 amide bonds. The number of hydrogen-bond donors (Lipinski definition) is 2. The van der Waals surface area contributed by atoms with E-state index in [9.17, 15) is 0 Å². The van der Waals surface area contributed by atoms with E-state index in [0.29, 0.717) is 11.2 Å². The molecule has 1 atom stereocenters. The van der Waals surface area contributed by atoms with Gasteiger partial charge in [-0.25, -0.2) is 0 Å². The van der Waals surface area contributed by atoms with Crippen molar-refractivity contribution in [2.24, 2.45) is 0 Å². The third-order valence-electron chi connectivity index (χ3n) is 3.19. The summed E-state index contributed by atoms with van der Waals surface area (Å²) in [5.41, 5.74) is 2.29. The molecule has 0 radical (unpaired) electrons. The molecule has 0 spiro atoms. The first-order valence-electron chi connectivity index (χ1n) is 7.00. The largest absolute Gasteiger partial charge is 0.360 e. The number of thiocarbonyl (C=S) groups is 1. The van der Waals surface area contributed by atoms with Gasteiger partial charge in [-0.2, -0.15) is 0 Å². The number of hydrogen-bond acceptors (Lipinski definition) is 1. The van der Waals surface area contributed by atoms with E-state index in [1.807, 2.05) is 30.3 Å². The summed E-state index contributed by atoms with van der Waals surface area (Å²) in [7, 11) is 0. The second-order valence-electron chi connectivity index (χ2n) is 5.03. The molecule has 0 unspecified atom stereocenters. The first kappa shape index (κ1) is 15.8. The van der Waals surface area contributed by atoms with Gasteiger partial charge in [-0.1, -0.05) is 41.9 Å². The molecule has 2 nitrogen and oxygen atoms in total. The van der Waals surface area contributed by atoms with Crippen molar-refractivity contribution in [2.75, 3.05) is 5.32 Å². The molecule has 0 aliphatic rings. The second kappa shape index (κ2) is 8.01. The van der Waals surface area contributed by atoms with Crippen LogP contribution in [0.5, 0.6) is 0 Å². The molecule has 0 fully saturated rings. The number of anilines is 1. The lowest BCUT2D eigenvalue weighted by atomic mass is 10.1. The summed E-state index contributed by atoms with van der Waals surface area (Å²) in [5.74, 6) is 0. The Kier molecular flexibility index (Phi) is 6.03. The highest BCUT2D eigenvalue weighted by Crippen LogP contribution is 2.13. The highest BCUT2D eigenvalue weighted by atomic mass is 35.5. The topological polar surface area (TPSA) is 24.1 Å². The van der Waals surface area contributed by atoms with Crippen molar-refractivity contribution in [2.45, 2.75) is 25.8 Å². The van der Waals surface area contributed by atoms with Gasteiger partial charge in [-0.3, -0.25) is 0 Å². The van der Waals surface area contributed by atoms with Gasteiger partial charge in [0.2, 0.25) is 0 Å². The highest BCUT2D eigenvalue weighted by molar-refractivity contribution is 7.80. The van der Waals surface area contributed by atoms with Gasteiger partial charge in [-0.05, 0) is 61.8 Å². The van der Waals surface area contributed by atoms with Crippen molar-refractivity contribution in [1.82, 2.24) is 5.32 Å². The van der Waals surface area contributed by atoms with Crippen molar-refractivity contribution < 1.29 is 0 Å². The Bertz CT molecular complexity index is 569. The van der Waals surface area contributed by atoms with Crippen molar-refractivity contribution in [3.8, 4) is 0 Å². The monoisotopic (exact) mass is 318 g/mol. The molecule has 110 valence electrons. The van der Waals surface area contributed by atoms with E-state index in [1.54, 1.807) is 0 Å². The Morgan fingerprint density at radius 3 is 2.43 bits per heavy atom. The fourth-order valence-corrected chi connectivity index (χ4v) is 2.47. The van der Waals surface area contributed by atoms with Crippen molar-refractivity contribution >= 4 is 34.6 Å². The SMILES string of the molecule is C[C@H](CCc1ccccc1)NC(=S)Nc1ccc(Cl)cc1. The normalized spacial score (nSPS) is 11.7. The fourth-order valence-electron chi connectivity index (χ4n) is 2.02. The van der Waals surface area contributed by atoms with E-state index in [4.69, 9.17) is 23.8 Å². The molecule has 0 bridgehead atoms. The molecule has 21 heavy (non-hydrogen) atoms. The Labute approximate surface area is 136 Å². The Balaban J connectivity index is 1.75. The van der Waals surface area contributed by atoms with Gasteiger partial charge in [-0.15, -0.1) is 0 Å². The van der Waals surface area contributed by atoms with Crippen LogP contribution in [0.2, 0.25) is 5.02 Å². The number of halogens is 1. The first-order chi connectivity index (χ1) is 10.1. The van der Waals surface area contributed by atoms with Gasteiger partial charge in [0.05, 0.1) is 0 Å². The Hall–Kier alpha value is -1.58. The quantitative estimate of drug-likeness (QED) is 0.785. The van der Waals surface area contributed by atoms with Crippen LogP contribution in [0.25, 0.3) is 0 Å². The molecule has 0 aliphatic heterocycles. The summed E-state index contributed by atoms with van der Waals surface area (Å²) in [6, 6.07) is 18.3. The summed E-state index contributed by atoms with van der Waals surface area (Å²) >= 11 is 11.2. The summed E-state index contributed by atoms with van der Waals surface area (Å²) in [6.45, 7) is 2.14. The minimum absolute atomic E-state index is 0.317. The fraction of sp³-hybridized carbons (Fsp3) is 0.235. The maximum absolute atomic E-state index is 5.86. The van der Waals surface area contributed by atoms with Gasteiger partial charge in [0.1, 0.15) is 0 Å². The van der Waals surface area contributed by atoms with Gasteiger partial charge in [0.15, 0.2) is 5.11 Å². The van der Waals surface area contributed by atoms with Crippen molar-refractivity contribution in [3.63, 3.8) is 0 Å². The first-order valence-corrected chi connectivity index (χ1v) is 7.79. The number of nitrogens with one attached hydrogen (secondary N) is 2. The van der Waals surface area contributed by atoms with Gasteiger partial charge in [0, 0.05) is 16.8 Å². The maximum atomic E-state index is 5.86. The molecule has 2 rings (SSSR count). The Morgan fingerprint density at radius 1 is 1.10 bits per heavy atom. The predicted octanol–water partition coefficient (Wildman–Crippen LogP) is 4.65. The van der Waals surface area contributed by atoms with Crippen LogP contribution in [-0.2, 0) is 6.42 Å². The van der Waals surface area contributed by atoms with Crippen LogP contribution in [-0.4, -0.2) is 11.2 Å². The maximum Gasteiger partial charge on any atom is 0.170 e. The Morgan fingerprint density at radius 2 is 1.76 bits per heavy atom. The van der Waals surface area contributed by atoms with E-state index in [2.05, 4.69) is 41.8 Å². The molecule has 2 aromatic carbocycles. The van der Waals surface area contributed by atoms with Crippen LogP contribution in [0, 0.1) is 0 Å². The zero-order chi connectivity index (χ0) is 15.1. The summed E-state index contributed by atoms with van der Waals surface area (Å²) in [4.78, 5) is 0. The molecule has 0 aliphatic carbocycles. The molecular weight excluding hydrogens is 300 g/mol. The van der Waals surface area contributed by atoms with Gasteiger partial charge in [0.25, 0.3) is 0 Å². The average molecular weight is 319 g/mol. The van der Waals surface area contributed by atoms with Crippen LogP contribution in [0.15, 0.2) is 54.6 Å². The third-order valence-corrected chi connectivity index (χ3v) is 3.66. The summed E-state index contributed by atoms with van der Waals surface area (Å²) in [5, 5.41) is 7.82. The van der Waals surface area contributed by atoms with Gasteiger partial charge < -0.3 is 10.6 Å². The molecule has 0 heterocycles. The smallest absolute Gasteiger partial charge is 0.170 e. The van der Waals surface area contributed by atoms with Crippen molar-refractivity contribution in [1.29, 1.82) is 0 Å². The summed E-state index contributed by atoms with van der Waals surface area (Å²) < 4.78 is 0. The molecule has 2 N–H and O–H groups in total. The minimum atomic E-state index is 0.317. The van der Waals surface area contributed by atoms with Crippen LogP contribution in [0.1, 0.15) is 18.9 Å². The molecule has 0 saturated heterocycles. The third kappa shape index (κ3) is 5.74. The minimum Gasteiger partial charge on any atom is -0.360 e. The van der Waals surface area contributed by atoms with Gasteiger partial charge >= 0.3 is 0 Å². The van der Waals surface area contributed by atoms with E-state index < -0.39 is 0 Å². The van der Waals surface area contributed by atoms with E-state index in [0.717, 1.165) is 23.6 Å². The second-order valence-corrected chi connectivity index (χ2v) is 5.88. The number of benzene rings is 2. The van der Waals surface area contributed by atoms with Crippen LogP contribution in [0.3, 0.4) is 0 Å². The molecule has 0 saturated carbocycles. The lowest BCUT2D eigenvalue weighted by Crippen LogP contribution is -2.36. The highest BCUT2D eigenvalue weighted by Gasteiger charge is 2.05. The van der Waals surface area contributed by atoms with Crippen molar-refractivity contribution in [3.05, 3.63) is 65.2 Å². The molecule has 0 aromatic heterocycles. The number of rotatable bonds is 5. The molecular formula is C17H19ClN2S. The summed E-state index contributed by atoms with van der Waals surface area (Å²) in [6.07, 6.45) is 2.07. The lowest BCUT2D eigenvalue weighted by Gasteiger charge is -2.17. The average Bonchev–Trinajstić information content (AvgIpc) is 2.48. The zero-order valence-corrected chi connectivity index (χ0v) is 13.5. The van der Waals surface area contributed by atoms with E-state index >= 15 is 0 Å². The molecule has 4 heteroatoms.